The lowest BCUT2D eigenvalue weighted by atomic mass is 9.83. The summed E-state index contributed by atoms with van der Waals surface area (Å²) in [5.74, 6) is 1.03. The topological polar surface area (TPSA) is 32.3 Å². The van der Waals surface area contributed by atoms with Gasteiger partial charge in [-0.2, -0.15) is 0 Å². The van der Waals surface area contributed by atoms with Crippen LogP contribution in [0.4, 0.5) is 0 Å². The lowest BCUT2D eigenvalue weighted by Crippen LogP contribution is -2.43. The summed E-state index contributed by atoms with van der Waals surface area (Å²) in [4.78, 5) is 0. The molecule has 4 atom stereocenters. The number of benzene rings is 1. The average molecular weight is 233 g/mol. The molecule has 1 fully saturated rings. The predicted molar refractivity (Wildman–Crippen MR) is 70.8 cm³/mol. The molecular formula is C15H23NO. The third-order valence-corrected chi connectivity index (χ3v) is 3.97. The summed E-state index contributed by atoms with van der Waals surface area (Å²) in [7, 11) is 0. The van der Waals surface area contributed by atoms with Crippen molar-refractivity contribution in [3.63, 3.8) is 0 Å². The summed E-state index contributed by atoms with van der Waals surface area (Å²) >= 11 is 0. The van der Waals surface area contributed by atoms with Gasteiger partial charge in [-0.25, -0.2) is 0 Å². The number of piperidine rings is 1. The van der Waals surface area contributed by atoms with E-state index in [4.69, 9.17) is 0 Å². The van der Waals surface area contributed by atoms with Crippen LogP contribution in [0.15, 0.2) is 30.3 Å². The van der Waals surface area contributed by atoms with Crippen LogP contribution in [0.25, 0.3) is 0 Å². The fourth-order valence-electron chi connectivity index (χ4n) is 2.72. The van der Waals surface area contributed by atoms with E-state index < -0.39 is 0 Å². The van der Waals surface area contributed by atoms with E-state index in [9.17, 15) is 5.11 Å². The van der Waals surface area contributed by atoms with Gasteiger partial charge in [-0.05, 0) is 30.9 Å². The summed E-state index contributed by atoms with van der Waals surface area (Å²) in [6, 6.07) is 10.4. The second-order valence-corrected chi connectivity index (χ2v) is 5.40. The molecule has 1 aliphatic rings. The van der Waals surface area contributed by atoms with Crippen molar-refractivity contribution in [2.24, 2.45) is 11.8 Å². The van der Waals surface area contributed by atoms with Gasteiger partial charge in [-0.1, -0.05) is 44.2 Å². The third kappa shape index (κ3) is 3.08. The van der Waals surface area contributed by atoms with Crippen molar-refractivity contribution >= 4 is 0 Å². The quantitative estimate of drug-likeness (QED) is 0.841. The molecule has 0 radical (unpaired) electrons. The van der Waals surface area contributed by atoms with Crippen LogP contribution in [0.5, 0.6) is 0 Å². The number of hydrogen-bond donors (Lipinski definition) is 2. The summed E-state index contributed by atoms with van der Waals surface area (Å²) in [5, 5.41) is 13.9. The monoisotopic (exact) mass is 233 g/mol. The zero-order valence-corrected chi connectivity index (χ0v) is 10.8. The fourth-order valence-corrected chi connectivity index (χ4v) is 2.72. The highest BCUT2D eigenvalue weighted by Gasteiger charge is 2.28. The van der Waals surface area contributed by atoms with Gasteiger partial charge < -0.3 is 10.4 Å². The van der Waals surface area contributed by atoms with Gasteiger partial charge in [0.15, 0.2) is 0 Å². The number of hydrogen-bond acceptors (Lipinski definition) is 2. The molecule has 1 saturated heterocycles. The van der Waals surface area contributed by atoms with Crippen LogP contribution < -0.4 is 5.32 Å². The molecule has 1 aromatic carbocycles. The highest BCUT2D eigenvalue weighted by molar-refractivity contribution is 5.18. The van der Waals surface area contributed by atoms with Gasteiger partial charge in [0.1, 0.15) is 0 Å². The Morgan fingerprint density at radius 3 is 2.65 bits per heavy atom. The van der Waals surface area contributed by atoms with Crippen LogP contribution >= 0.6 is 0 Å². The first-order chi connectivity index (χ1) is 8.18. The maximum atomic E-state index is 10.4. The molecule has 0 aromatic heterocycles. The number of rotatable bonds is 3. The van der Waals surface area contributed by atoms with Crippen LogP contribution in [0.1, 0.15) is 38.4 Å². The largest absolute Gasteiger partial charge is 0.388 e. The van der Waals surface area contributed by atoms with Crippen LogP contribution in [-0.2, 0) is 0 Å². The van der Waals surface area contributed by atoms with Crippen molar-refractivity contribution in [1.29, 1.82) is 0 Å². The molecular weight excluding hydrogens is 210 g/mol. The van der Waals surface area contributed by atoms with E-state index in [0.717, 1.165) is 18.0 Å². The summed E-state index contributed by atoms with van der Waals surface area (Å²) < 4.78 is 0. The molecule has 0 spiro atoms. The van der Waals surface area contributed by atoms with Crippen molar-refractivity contribution in [3.05, 3.63) is 35.9 Å². The molecule has 1 aromatic rings. The van der Waals surface area contributed by atoms with E-state index in [1.165, 1.54) is 12.8 Å². The van der Waals surface area contributed by atoms with Crippen LogP contribution in [-0.4, -0.2) is 17.7 Å². The van der Waals surface area contributed by atoms with E-state index in [0.29, 0.717) is 6.04 Å². The minimum Gasteiger partial charge on any atom is -0.388 e. The van der Waals surface area contributed by atoms with Gasteiger partial charge in [-0.15, -0.1) is 0 Å². The lowest BCUT2D eigenvalue weighted by Gasteiger charge is -2.35. The van der Waals surface area contributed by atoms with E-state index in [-0.39, 0.29) is 12.0 Å². The maximum absolute atomic E-state index is 10.4. The highest BCUT2D eigenvalue weighted by atomic mass is 16.3. The van der Waals surface area contributed by atoms with Crippen molar-refractivity contribution < 1.29 is 5.11 Å². The van der Waals surface area contributed by atoms with Gasteiger partial charge in [0.05, 0.1) is 6.10 Å². The molecule has 17 heavy (non-hydrogen) atoms. The third-order valence-electron chi connectivity index (χ3n) is 3.97. The second kappa shape index (κ2) is 5.65. The molecule has 2 rings (SSSR count). The number of nitrogens with one attached hydrogen (secondary N) is 1. The fraction of sp³-hybridized carbons (Fsp3) is 0.600. The van der Waals surface area contributed by atoms with Crippen molar-refractivity contribution in [2.45, 2.75) is 38.8 Å². The molecule has 0 aliphatic carbocycles. The normalized spacial score (nSPS) is 28.6. The Balaban J connectivity index is 2.01. The SMILES string of the molecule is CC1CCNC(C(C)C(O)c2ccccc2)C1. The lowest BCUT2D eigenvalue weighted by molar-refractivity contribution is 0.0799. The molecule has 2 nitrogen and oxygen atoms in total. The van der Waals surface area contributed by atoms with E-state index >= 15 is 0 Å². The molecule has 1 aliphatic heterocycles. The molecule has 2 heteroatoms. The Morgan fingerprint density at radius 2 is 2.00 bits per heavy atom. The molecule has 4 unspecified atom stereocenters. The van der Waals surface area contributed by atoms with Gasteiger partial charge in [-0.3, -0.25) is 0 Å². The van der Waals surface area contributed by atoms with E-state index in [1.807, 2.05) is 30.3 Å². The first-order valence-corrected chi connectivity index (χ1v) is 6.65. The summed E-state index contributed by atoms with van der Waals surface area (Å²) in [6.45, 7) is 5.53. The Kier molecular flexibility index (Phi) is 4.19. The Bertz CT molecular complexity index is 338. The molecule has 0 saturated carbocycles. The van der Waals surface area contributed by atoms with Crippen LogP contribution in [0.3, 0.4) is 0 Å². The van der Waals surface area contributed by atoms with Gasteiger partial charge in [0.25, 0.3) is 0 Å². The molecule has 0 amide bonds. The van der Waals surface area contributed by atoms with Crippen LogP contribution in [0, 0.1) is 11.8 Å². The Morgan fingerprint density at radius 1 is 1.29 bits per heavy atom. The summed E-state index contributed by atoms with van der Waals surface area (Å²) in [6.07, 6.45) is 2.06. The van der Waals surface area contributed by atoms with Crippen LogP contribution in [0.2, 0.25) is 0 Å². The van der Waals surface area contributed by atoms with Gasteiger partial charge in [0, 0.05) is 12.0 Å². The zero-order valence-electron chi connectivity index (χ0n) is 10.8. The van der Waals surface area contributed by atoms with Crippen molar-refractivity contribution in [2.75, 3.05) is 6.54 Å². The first kappa shape index (κ1) is 12.6. The van der Waals surface area contributed by atoms with Gasteiger partial charge in [0.2, 0.25) is 0 Å². The second-order valence-electron chi connectivity index (χ2n) is 5.40. The van der Waals surface area contributed by atoms with E-state index in [1.54, 1.807) is 0 Å². The molecule has 1 heterocycles. The molecule has 94 valence electrons. The van der Waals surface area contributed by atoms with Gasteiger partial charge >= 0.3 is 0 Å². The Labute approximate surface area is 104 Å². The van der Waals surface area contributed by atoms with Crippen molar-refractivity contribution in [3.8, 4) is 0 Å². The Hall–Kier alpha value is -0.860. The average Bonchev–Trinajstić information content (AvgIpc) is 2.38. The highest BCUT2D eigenvalue weighted by Crippen LogP contribution is 2.29. The standard InChI is InChI=1S/C15H23NO/c1-11-8-9-16-14(10-11)12(2)15(17)13-6-4-3-5-7-13/h3-7,11-12,14-17H,8-10H2,1-2H3. The first-order valence-electron chi connectivity index (χ1n) is 6.65. The van der Waals surface area contributed by atoms with E-state index in [2.05, 4.69) is 19.2 Å². The minimum atomic E-state index is -0.362. The predicted octanol–water partition coefficient (Wildman–Crippen LogP) is 2.74. The minimum absolute atomic E-state index is 0.264. The van der Waals surface area contributed by atoms with Crippen molar-refractivity contribution in [1.82, 2.24) is 5.32 Å². The molecule has 2 N–H and O–H groups in total. The number of aliphatic hydroxyl groups is 1. The molecule has 0 bridgehead atoms. The summed E-state index contributed by atoms with van der Waals surface area (Å²) in [5.41, 5.74) is 1.03. The zero-order chi connectivity index (χ0) is 12.3. The number of aliphatic hydroxyl groups excluding tert-OH is 1. The smallest absolute Gasteiger partial charge is 0.0830 e. The maximum Gasteiger partial charge on any atom is 0.0830 e.